The maximum Gasteiger partial charge on any atom is 0.147 e. The first kappa shape index (κ1) is 19.5. The lowest BCUT2D eigenvalue weighted by molar-refractivity contribution is -0.108. The van der Waals surface area contributed by atoms with Gasteiger partial charge in [-0.2, -0.15) is 0 Å². The van der Waals surface area contributed by atoms with Gasteiger partial charge in [-0.15, -0.1) is 0 Å². The molecule has 0 N–H and O–H groups in total. The second kappa shape index (κ2) is 11.2. The first-order chi connectivity index (χ1) is 9.35. The fraction of sp³-hybridized carbons (Fsp3) is 0.812. The number of ether oxygens (including phenoxy) is 2. The third-order valence-corrected chi connectivity index (χ3v) is 4.85. The van der Waals surface area contributed by atoms with Crippen LogP contribution in [-0.4, -0.2) is 34.4 Å². The lowest BCUT2D eigenvalue weighted by Gasteiger charge is -2.15. The van der Waals surface area contributed by atoms with Gasteiger partial charge in [-0.25, -0.2) is 0 Å². The predicted molar refractivity (Wildman–Crippen MR) is 87.8 cm³/mol. The molecule has 0 amide bonds. The third kappa shape index (κ3) is 14.0. The average Bonchev–Trinajstić information content (AvgIpc) is 2.32. The molecule has 0 aromatic rings. The summed E-state index contributed by atoms with van der Waals surface area (Å²) < 4.78 is 11.0. The Hall–Kier alpha value is -0.453. The van der Waals surface area contributed by atoms with Crippen molar-refractivity contribution in [2.75, 3.05) is 20.0 Å². The van der Waals surface area contributed by atoms with E-state index in [4.69, 9.17) is 9.47 Å². The van der Waals surface area contributed by atoms with Gasteiger partial charge in [0, 0.05) is 21.1 Å². The molecule has 0 rings (SSSR count). The maximum absolute atomic E-state index is 10.4. The van der Waals surface area contributed by atoms with E-state index in [1.54, 1.807) is 0 Å². The smallest absolute Gasteiger partial charge is 0.147 e. The van der Waals surface area contributed by atoms with Gasteiger partial charge < -0.3 is 14.3 Å². The first-order valence-corrected chi connectivity index (χ1v) is 11.3. The van der Waals surface area contributed by atoms with E-state index in [0.29, 0.717) is 25.7 Å². The van der Waals surface area contributed by atoms with E-state index in [1.165, 1.54) is 11.6 Å². The molecule has 118 valence electrons. The number of aldehydes is 1. The SMILES string of the molecule is C/C(=C\CC[C@H](C)CC=O)COCOCC[Si](C)(C)C. The number of hydrogen-bond acceptors (Lipinski definition) is 3. The molecule has 0 aliphatic rings. The molecule has 0 unspecified atom stereocenters. The summed E-state index contributed by atoms with van der Waals surface area (Å²) in [5.74, 6) is 0.474. The number of allylic oxidation sites excluding steroid dienone is 1. The van der Waals surface area contributed by atoms with E-state index < -0.39 is 8.07 Å². The lowest BCUT2D eigenvalue weighted by Crippen LogP contribution is -2.22. The van der Waals surface area contributed by atoms with Crippen molar-refractivity contribution < 1.29 is 14.3 Å². The molecule has 0 saturated heterocycles. The van der Waals surface area contributed by atoms with E-state index in [0.717, 1.165) is 25.7 Å². The van der Waals surface area contributed by atoms with Crippen LogP contribution in [0.25, 0.3) is 0 Å². The van der Waals surface area contributed by atoms with Crippen LogP contribution in [0.5, 0.6) is 0 Å². The first-order valence-electron chi connectivity index (χ1n) is 7.60. The molecule has 0 aliphatic heterocycles. The molecule has 0 aromatic carbocycles. The Labute approximate surface area is 125 Å². The summed E-state index contributed by atoms with van der Waals surface area (Å²) in [6.45, 7) is 13.0. The Balaban J connectivity index is 3.52. The molecule has 20 heavy (non-hydrogen) atoms. The van der Waals surface area contributed by atoms with Crippen LogP contribution >= 0.6 is 0 Å². The highest BCUT2D eigenvalue weighted by Crippen LogP contribution is 2.10. The zero-order valence-electron chi connectivity index (χ0n) is 13.9. The van der Waals surface area contributed by atoms with Gasteiger partial charge in [0.25, 0.3) is 0 Å². The molecule has 0 bridgehead atoms. The van der Waals surface area contributed by atoms with Gasteiger partial charge in [0.2, 0.25) is 0 Å². The zero-order valence-corrected chi connectivity index (χ0v) is 14.9. The van der Waals surface area contributed by atoms with Gasteiger partial charge in [-0.3, -0.25) is 0 Å². The van der Waals surface area contributed by atoms with Gasteiger partial charge in [0.05, 0.1) is 6.61 Å². The highest BCUT2D eigenvalue weighted by molar-refractivity contribution is 6.76. The molecule has 3 nitrogen and oxygen atoms in total. The van der Waals surface area contributed by atoms with Crippen LogP contribution in [0, 0.1) is 5.92 Å². The largest absolute Gasteiger partial charge is 0.356 e. The number of hydrogen-bond donors (Lipinski definition) is 0. The Morgan fingerprint density at radius 1 is 1.25 bits per heavy atom. The minimum atomic E-state index is -0.991. The van der Waals surface area contributed by atoms with Crippen LogP contribution in [0.2, 0.25) is 25.7 Å². The zero-order chi connectivity index (χ0) is 15.4. The molecule has 0 heterocycles. The molecule has 0 spiro atoms. The molecule has 0 saturated carbocycles. The molecular weight excluding hydrogens is 268 g/mol. The maximum atomic E-state index is 10.4. The fourth-order valence-corrected chi connectivity index (χ4v) is 2.41. The van der Waals surface area contributed by atoms with Crippen LogP contribution in [0.4, 0.5) is 0 Å². The standard InChI is InChI=1S/C16H32O3Si/c1-15(9-10-17)7-6-8-16(2)13-19-14-18-11-12-20(3,4)5/h8,10,15H,6-7,9,11-14H2,1-5H3/b16-8+/t15-/m0/s1. The van der Waals surface area contributed by atoms with Crippen molar-refractivity contribution in [3.63, 3.8) is 0 Å². The molecule has 0 aliphatic carbocycles. The second-order valence-electron chi connectivity index (χ2n) is 6.82. The third-order valence-electron chi connectivity index (χ3n) is 3.14. The monoisotopic (exact) mass is 300 g/mol. The summed E-state index contributed by atoms with van der Waals surface area (Å²) in [5.41, 5.74) is 1.23. The van der Waals surface area contributed by atoms with Crippen molar-refractivity contribution in [1.29, 1.82) is 0 Å². The Morgan fingerprint density at radius 2 is 1.95 bits per heavy atom. The summed E-state index contributed by atoms with van der Waals surface area (Å²) in [6, 6.07) is 1.18. The van der Waals surface area contributed by atoms with E-state index in [1.807, 2.05) is 0 Å². The normalized spacial score (nSPS) is 14.3. The Morgan fingerprint density at radius 3 is 2.55 bits per heavy atom. The second-order valence-corrected chi connectivity index (χ2v) is 12.4. The van der Waals surface area contributed by atoms with Crippen molar-refractivity contribution in [1.82, 2.24) is 0 Å². The number of carbonyl (C=O) groups is 1. The summed E-state index contributed by atoms with van der Waals surface area (Å²) in [6.07, 6.45) is 5.93. The van der Waals surface area contributed by atoms with Crippen molar-refractivity contribution in [3.05, 3.63) is 11.6 Å². The van der Waals surface area contributed by atoms with E-state index >= 15 is 0 Å². The molecule has 4 heteroatoms. The Bertz CT molecular complexity index is 282. The molecule has 0 aromatic heterocycles. The summed E-state index contributed by atoms with van der Waals surface area (Å²) in [7, 11) is -0.991. The van der Waals surface area contributed by atoms with Crippen LogP contribution in [-0.2, 0) is 14.3 Å². The van der Waals surface area contributed by atoms with Crippen molar-refractivity contribution >= 4 is 14.4 Å². The van der Waals surface area contributed by atoms with Gasteiger partial charge >= 0.3 is 0 Å². The number of rotatable bonds is 12. The van der Waals surface area contributed by atoms with Crippen LogP contribution in [0.3, 0.4) is 0 Å². The van der Waals surface area contributed by atoms with Crippen molar-refractivity contribution in [2.45, 2.75) is 58.8 Å². The fourth-order valence-electron chi connectivity index (χ4n) is 1.65. The summed E-state index contributed by atoms with van der Waals surface area (Å²) in [5, 5.41) is 0. The van der Waals surface area contributed by atoms with E-state index in [-0.39, 0.29) is 0 Å². The van der Waals surface area contributed by atoms with Crippen molar-refractivity contribution in [2.24, 2.45) is 5.92 Å². The molecular formula is C16H32O3Si. The van der Waals surface area contributed by atoms with Gasteiger partial charge in [0.1, 0.15) is 13.1 Å². The van der Waals surface area contributed by atoms with Gasteiger partial charge in [-0.05, 0) is 31.7 Å². The lowest BCUT2D eigenvalue weighted by atomic mass is 10.0. The summed E-state index contributed by atoms with van der Waals surface area (Å²) >= 11 is 0. The quantitative estimate of drug-likeness (QED) is 0.177. The van der Waals surface area contributed by atoms with E-state index in [2.05, 4.69) is 39.6 Å². The topological polar surface area (TPSA) is 35.5 Å². The highest BCUT2D eigenvalue weighted by atomic mass is 28.3. The van der Waals surface area contributed by atoms with Gasteiger partial charge in [0.15, 0.2) is 0 Å². The predicted octanol–water partition coefficient (Wildman–Crippen LogP) is 4.27. The van der Waals surface area contributed by atoms with Crippen LogP contribution in [0.1, 0.15) is 33.1 Å². The van der Waals surface area contributed by atoms with E-state index in [9.17, 15) is 4.79 Å². The van der Waals surface area contributed by atoms with Crippen LogP contribution in [0.15, 0.2) is 11.6 Å². The van der Waals surface area contributed by atoms with Crippen molar-refractivity contribution in [3.8, 4) is 0 Å². The molecule has 0 fully saturated rings. The number of carbonyl (C=O) groups excluding carboxylic acids is 1. The Kier molecular flexibility index (Phi) is 11.0. The van der Waals surface area contributed by atoms with Crippen LogP contribution < -0.4 is 0 Å². The molecule has 0 radical (unpaired) electrons. The molecule has 1 atom stereocenters. The highest BCUT2D eigenvalue weighted by Gasteiger charge is 2.11. The van der Waals surface area contributed by atoms with Gasteiger partial charge in [-0.1, -0.05) is 38.2 Å². The minimum Gasteiger partial charge on any atom is -0.356 e. The average molecular weight is 301 g/mol. The minimum absolute atomic E-state index is 0.386. The summed E-state index contributed by atoms with van der Waals surface area (Å²) in [4.78, 5) is 10.4.